The third-order valence-electron chi connectivity index (χ3n) is 4.65. The zero-order chi connectivity index (χ0) is 21.8. The Morgan fingerprint density at radius 2 is 1.21 bits per heavy atom. The molecular formula is C21H43NaO6S. The van der Waals surface area contributed by atoms with Crippen LogP contribution in [0.3, 0.4) is 0 Å². The molecule has 170 valence electrons. The van der Waals surface area contributed by atoms with E-state index in [9.17, 15) is 4.79 Å². The van der Waals surface area contributed by atoms with Gasteiger partial charge in [-0.2, -0.15) is 8.42 Å². The molecule has 0 aromatic rings. The molecule has 0 saturated carbocycles. The second-order valence-electron chi connectivity index (χ2n) is 7.66. The number of carboxylic acid groups (broad SMARTS) is 1. The Kier molecular flexibility index (Phi) is 26.5. The number of aliphatic carboxylic acids is 1. The SMILES string of the molecule is CCCCCCCCC=CCCCCCCC(C(=O)O)C(C)C.O=S(=O)(O)O.[NaH]. The Bertz CT molecular complexity index is 483. The number of allylic oxidation sites excluding steroid dienone is 2. The molecule has 1 unspecified atom stereocenters. The summed E-state index contributed by atoms with van der Waals surface area (Å²) in [6.07, 6.45) is 20.9. The van der Waals surface area contributed by atoms with Crippen molar-refractivity contribution in [2.45, 2.75) is 104 Å². The van der Waals surface area contributed by atoms with Gasteiger partial charge >= 0.3 is 45.9 Å². The second kappa shape index (κ2) is 22.8. The fourth-order valence-corrected chi connectivity index (χ4v) is 3.00. The second-order valence-corrected chi connectivity index (χ2v) is 8.55. The Morgan fingerprint density at radius 3 is 1.59 bits per heavy atom. The molecule has 0 aromatic carbocycles. The Balaban J connectivity index is -0.000000997. The van der Waals surface area contributed by atoms with Crippen molar-refractivity contribution in [1.29, 1.82) is 0 Å². The van der Waals surface area contributed by atoms with E-state index in [1.165, 1.54) is 70.6 Å². The molecule has 0 aliphatic rings. The summed E-state index contributed by atoms with van der Waals surface area (Å²) >= 11 is 0. The molecule has 0 heterocycles. The average molecular weight is 447 g/mol. The fraction of sp³-hybridized carbons (Fsp3) is 0.857. The van der Waals surface area contributed by atoms with Gasteiger partial charge in [-0.15, -0.1) is 0 Å². The average Bonchev–Trinajstić information content (AvgIpc) is 2.56. The first kappa shape index (κ1) is 33.7. The van der Waals surface area contributed by atoms with Crippen LogP contribution in [0.4, 0.5) is 0 Å². The van der Waals surface area contributed by atoms with Gasteiger partial charge in [0.25, 0.3) is 0 Å². The first-order valence-electron chi connectivity index (χ1n) is 10.7. The van der Waals surface area contributed by atoms with Crippen molar-refractivity contribution in [1.82, 2.24) is 0 Å². The standard InChI is InChI=1S/C21H40O2.Na.H2O4S.H/c1-4-5-6-7-8-9-10-11-12-13-14-15-16-17-18-20(19(2)3)21(22)23;;1-5(2,3)4;/h11-12,19-20H,4-10,13-18H2,1-3H3,(H,22,23);;(H2,1,2,3,4);. The Labute approximate surface area is 200 Å². The molecule has 0 saturated heterocycles. The summed E-state index contributed by atoms with van der Waals surface area (Å²) in [6, 6.07) is 0. The van der Waals surface area contributed by atoms with E-state index in [1.54, 1.807) is 0 Å². The molecule has 0 aliphatic carbocycles. The molecule has 0 bridgehead atoms. The molecule has 6 nitrogen and oxygen atoms in total. The van der Waals surface area contributed by atoms with Crippen molar-refractivity contribution < 1.29 is 27.4 Å². The normalized spacial score (nSPS) is 12.3. The van der Waals surface area contributed by atoms with Gasteiger partial charge in [-0.3, -0.25) is 13.9 Å². The van der Waals surface area contributed by atoms with Gasteiger partial charge in [-0.25, -0.2) is 0 Å². The van der Waals surface area contributed by atoms with E-state index in [2.05, 4.69) is 19.1 Å². The Morgan fingerprint density at radius 1 is 0.828 bits per heavy atom. The number of rotatable bonds is 16. The molecule has 8 heteroatoms. The van der Waals surface area contributed by atoms with Crippen molar-refractivity contribution in [3.05, 3.63) is 12.2 Å². The van der Waals surface area contributed by atoms with Crippen LogP contribution in [-0.4, -0.2) is 58.2 Å². The molecule has 0 fully saturated rings. The van der Waals surface area contributed by atoms with Crippen LogP contribution in [0.1, 0.15) is 104 Å². The molecule has 0 aromatic heterocycles. The van der Waals surface area contributed by atoms with Gasteiger partial charge < -0.3 is 5.11 Å². The van der Waals surface area contributed by atoms with Gasteiger partial charge in [0.15, 0.2) is 0 Å². The van der Waals surface area contributed by atoms with Crippen LogP contribution in [0.5, 0.6) is 0 Å². The number of unbranched alkanes of at least 4 members (excludes halogenated alkanes) is 10. The molecule has 29 heavy (non-hydrogen) atoms. The van der Waals surface area contributed by atoms with Crippen molar-refractivity contribution in [2.75, 3.05) is 0 Å². The summed E-state index contributed by atoms with van der Waals surface area (Å²) in [5.74, 6) is -0.540. The Hall–Kier alpha value is 0.0800. The molecule has 0 rings (SSSR count). The van der Waals surface area contributed by atoms with E-state index >= 15 is 0 Å². The van der Waals surface area contributed by atoms with Crippen LogP contribution in [0.2, 0.25) is 0 Å². The van der Waals surface area contributed by atoms with Crippen LogP contribution >= 0.6 is 0 Å². The summed E-state index contributed by atoms with van der Waals surface area (Å²) in [5.41, 5.74) is 0. The van der Waals surface area contributed by atoms with E-state index in [0.29, 0.717) is 0 Å². The molecule has 0 aliphatic heterocycles. The minimum atomic E-state index is -4.67. The van der Waals surface area contributed by atoms with Crippen LogP contribution in [0.15, 0.2) is 12.2 Å². The number of carboxylic acids is 1. The van der Waals surface area contributed by atoms with Crippen molar-refractivity contribution >= 4 is 45.9 Å². The summed E-state index contributed by atoms with van der Waals surface area (Å²) in [4.78, 5) is 11.1. The van der Waals surface area contributed by atoms with Crippen LogP contribution in [0.25, 0.3) is 0 Å². The summed E-state index contributed by atoms with van der Waals surface area (Å²) in [6.45, 7) is 6.28. The maximum absolute atomic E-state index is 11.1. The van der Waals surface area contributed by atoms with E-state index in [4.69, 9.17) is 22.6 Å². The summed E-state index contributed by atoms with van der Waals surface area (Å²) in [7, 11) is -4.67. The predicted molar refractivity (Wildman–Crippen MR) is 122 cm³/mol. The van der Waals surface area contributed by atoms with Gasteiger partial charge in [0.2, 0.25) is 0 Å². The molecule has 0 radical (unpaired) electrons. The fourth-order valence-electron chi connectivity index (χ4n) is 3.00. The maximum atomic E-state index is 11.1. The number of hydrogen-bond acceptors (Lipinski definition) is 3. The molecule has 1 atom stereocenters. The third kappa shape index (κ3) is 32.9. The van der Waals surface area contributed by atoms with Gasteiger partial charge in [0.1, 0.15) is 0 Å². The van der Waals surface area contributed by atoms with Crippen LogP contribution in [-0.2, 0) is 15.2 Å². The molecule has 0 spiro atoms. The molecule has 3 N–H and O–H groups in total. The molecular weight excluding hydrogens is 403 g/mol. The topological polar surface area (TPSA) is 112 Å². The van der Waals surface area contributed by atoms with Crippen molar-refractivity contribution in [3.8, 4) is 0 Å². The summed E-state index contributed by atoms with van der Waals surface area (Å²) < 4.78 is 31.6. The van der Waals surface area contributed by atoms with Crippen LogP contribution in [0, 0.1) is 11.8 Å². The summed E-state index contributed by atoms with van der Waals surface area (Å²) in [5, 5.41) is 9.14. The van der Waals surface area contributed by atoms with E-state index in [0.717, 1.165) is 12.8 Å². The van der Waals surface area contributed by atoms with E-state index in [-0.39, 0.29) is 41.4 Å². The minimum absolute atomic E-state index is 0. The number of hydrogen-bond donors (Lipinski definition) is 3. The predicted octanol–water partition coefficient (Wildman–Crippen LogP) is 5.69. The molecule has 0 amide bonds. The van der Waals surface area contributed by atoms with Crippen molar-refractivity contribution in [2.24, 2.45) is 11.8 Å². The zero-order valence-corrected chi connectivity index (χ0v) is 18.8. The first-order valence-corrected chi connectivity index (χ1v) is 12.1. The monoisotopic (exact) mass is 446 g/mol. The van der Waals surface area contributed by atoms with Crippen molar-refractivity contribution in [3.63, 3.8) is 0 Å². The van der Waals surface area contributed by atoms with Gasteiger partial charge in [-0.1, -0.05) is 84.3 Å². The zero-order valence-electron chi connectivity index (χ0n) is 18.0. The van der Waals surface area contributed by atoms with Crippen LogP contribution < -0.4 is 0 Å². The first-order chi connectivity index (χ1) is 13.1. The van der Waals surface area contributed by atoms with E-state index < -0.39 is 16.4 Å². The third-order valence-corrected chi connectivity index (χ3v) is 4.65. The van der Waals surface area contributed by atoms with E-state index in [1.807, 2.05) is 13.8 Å². The quantitative estimate of drug-likeness (QED) is 0.121. The number of carbonyl (C=O) groups is 1. The van der Waals surface area contributed by atoms with Gasteiger partial charge in [0.05, 0.1) is 5.92 Å². The van der Waals surface area contributed by atoms with Gasteiger partial charge in [-0.05, 0) is 38.0 Å². The van der Waals surface area contributed by atoms with Gasteiger partial charge in [0, 0.05) is 0 Å².